The summed E-state index contributed by atoms with van der Waals surface area (Å²) in [5, 5.41) is 0. The molecule has 0 aromatic heterocycles. The SMILES string of the molecule is Cc1ccccc1C(c1ccccc1)(c1ccccc1)N1CCCC1. The second kappa shape index (κ2) is 6.85. The first-order valence-electron chi connectivity index (χ1n) is 9.25. The average molecular weight is 327 g/mol. The van der Waals surface area contributed by atoms with Gasteiger partial charge in [0.05, 0.1) is 5.54 Å². The second-order valence-electron chi connectivity index (χ2n) is 6.95. The summed E-state index contributed by atoms with van der Waals surface area (Å²) in [6, 6.07) is 30.9. The molecule has 0 radical (unpaired) electrons. The number of likely N-dealkylation sites (tertiary alicyclic amines) is 1. The fourth-order valence-corrected chi connectivity index (χ4v) is 4.40. The minimum absolute atomic E-state index is 0.218. The standard InChI is InChI=1S/C24H25N/c1-20-12-8-9-17-23(20)24(25-18-10-11-19-25,21-13-4-2-5-14-21)22-15-6-3-7-16-22/h2-9,12-17H,10-11,18-19H2,1H3. The molecule has 0 aliphatic carbocycles. The molecule has 1 aliphatic rings. The van der Waals surface area contributed by atoms with Crippen LogP contribution in [0.25, 0.3) is 0 Å². The first-order valence-corrected chi connectivity index (χ1v) is 9.25. The maximum atomic E-state index is 2.68. The summed E-state index contributed by atoms with van der Waals surface area (Å²) in [4.78, 5) is 2.68. The third-order valence-electron chi connectivity index (χ3n) is 5.50. The van der Waals surface area contributed by atoms with Gasteiger partial charge in [-0.25, -0.2) is 0 Å². The number of benzene rings is 3. The smallest absolute Gasteiger partial charge is 0.0975 e. The summed E-state index contributed by atoms with van der Waals surface area (Å²) in [5.74, 6) is 0. The summed E-state index contributed by atoms with van der Waals surface area (Å²) >= 11 is 0. The van der Waals surface area contributed by atoms with Crippen molar-refractivity contribution in [2.24, 2.45) is 0 Å². The Morgan fingerprint density at radius 1 is 0.640 bits per heavy atom. The Balaban J connectivity index is 2.07. The van der Waals surface area contributed by atoms with Crippen molar-refractivity contribution in [1.29, 1.82) is 0 Å². The second-order valence-corrected chi connectivity index (χ2v) is 6.95. The average Bonchev–Trinajstić information content (AvgIpc) is 3.21. The van der Waals surface area contributed by atoms with Crippen molar-refractivity contribution in [3.05, 3.63) is 107 Å². The maximum Gasteiger partial charge on any atom is 0.0975 e. The van der Waals surface area contributed by atoms with Crippen LogP contribution in [0.1, 0.15) is 35.1 Å². The summed E-state index contributed by atoms with van der Waals surface area (Å²) in [6.45, 7) is 4.52. The van der Waals surface area contributed by atoms with Gasteiger partial charge in [0.2, 0.25) is 0 Å². The van der Waals surface area contributed by atoms with Crippen molar-refractivity contribution in [3.63, 3.8) is 0 Å². The van der Waals surface area contributed by atoms with Crippen LogP contribution in [0.4, 0.5) is 0 Å². The fourth-order valence-electron chi connectivity index (χ4n) is 4.40. The molecule has 1 heteroatoms. The predicted octanol–water partition coefficient (Wildman–Crippen LogP) is 5.38. The summed E-state index contributed by atoms with van der Waals surface area (Å²) in [6.07, 6.45) is 2.54. The van der Waals surface area contributed by atoms with Gasteiger partial charge in [-0.1, -0.05) is 84.9 Å². The monoisotopic (exact) mass is 327 g/mol. The Hall–Kier alpha value is -2.38. The number of nitrogens with zero attached hydrogens (tertiary/aromatic N) is 1. The molecule has 4 rings (SSSR count). The van der Waals surface area contributed by atoms with E-state index in [1.54, 1.807) is 0 Å². The number of hydrogen-bond donors (Lipinski definition) is 0. The van der Waals surface area contributed by atoms with E-state index in [2.05, 4.69) is 96.8 Å². The van der Waals surface area contributed by atoms with Gasteiger partial charge < -0.3 is 0 Å². The Kier molecular flexibility index (Phi) is 4.42. The van der Waals surface area contributed by atoms with Crippen LogP contribution >= 0.6 is 0 Å². The highest BCUT2D eigenvalue weighted by atomic mass is 15.2. The van der Waals surface area contributed by atoms with E-state index in [-0.39, 0.29) is 5.54 Å². The molecule has 126 valence electrons. The third-order valence-corrected chi connectivity index (χ3v) is 5.50. The molecule has 0 atom stereocenters. The highest BCUT2D eigenvalue weighted by Gasteiger charge is 2.43. The first-order chi connectivity index (χ1) is 12.3. The van der Waals surface area contributed by atoms with E-state index in [4.69, 9.17) is 0 Å². The van der Waals surface area contributed by atoms with Crippen molar-refractivity contribution < 1.29 is 0 Å². The summed E-state index contributed by atoms with van der Waals surface area (Å²) in [7, 11) is 0. The molecule has 0 N–H and O–H groups in total. The molecule has 0 bridgehead atoms. The molecule has 0 saturated carbocycles. The van der Waals surface area contributed by atoms with Gasteiger partial charge in [0, 0.05) is 0 Å². The third kappa shape index (κ3) is 2.69. The molecule has 3 aromatic rings. The van der Waals surface area contributed by atoms with Gasteiger partial charge in [-0.3, -0.25) is 4.90 Å². The van der Waals surface area contributed by atoms with Gasteiger partial charge in [0.25, 0.3) is 0 Å². The molecular weight excluding hydrogens is 302 g/mol. The zero-order valence-electron chi connectivity index (χ0n) is 14.9. The number of aryl methyl sites for hydroxylation is 1. The molecule has 25 heavy (non-hydrogen) atoms. The minimum atomic E-state index is -0.218. The number of rotatable bonds is 4. The normalized spacial score (nSPS) is 15.4. The Bertz CT molecular complexity index is 777. The van der Waals surface area contributed by atoms with E-state index in [0.29, 0.717) is 0 Å². The van der Waals surface area contributed by atoms with Crippen molar-refractivity contribution in [3.8, 4) is 0 Å². The van der Waals surface area contributed by atoms with E-state index >= 15 is 0 Å². The van der Waals surface area contributed by atoms with Gasteiger partial charge in [0.15, 0.2) is 0 Å². The Morgan fingerprint density at radius 2 is 1.12 bits per heavy atom. The van der Waals surface area contributed by atoms with Gasteiger partial charge >= 0.3 is 0 Å². The molecule has 0 amide bonds. The van der Waals surface area contributed by atoms with Gasteiger partial charge in [0.1, 0.15) is 0 Å². The molecule has 0 unspecified atom stereocenters. The molecule has 3 aromatic carbocycles. The van der Waals surface area contributed by atoms with Crippen molar-refractivity contribution >= 4 is 0 Å². The maximum absolute atomic E-state index is 2.68. The van der Waals surface area contributed by atoms with Crippen LogP contribution in [0.15, 0.2) is 84.9 Å². The van der Waals surface area contributed by atoms with Crippen LogP contribution in [0.5, 0.6) is 0 Å². The quantitative estimate of drug-likeness (QED) is 0.581. The van der Waals surface area contributed by atoms with E-state index in [1.807, 2.05) is 0 Å². The largest absolute Gasteiger partial charge is 0.286 e. The highest BCUT2D eigenvalue weighted by Crippen LogP contribution is 2.45. The van der Waals surface area contributed by atoms with Gasteiger partial charge in [-0.15, -0.1) is 0 Å². The molecule has 1 heterocycles. The van der Waals surface area contributed by atoms with Crippen LogP contribution in [-0.2, 0) is 5.54 Å². The first kappa shape index (κ1) is 16.1. The lowest BCUT2D eigenvalue weighted by Crippen LogP contribution is -2.47. The molecule has 1 fully saturated rings. The van der Waals surface area contributed by atoms with Crippen molar-refractivity contribution in [1.82, 2.24) is 4.90 Å². The predicted molar refractivity (Wildman–Crippen MR) is 105 cm³/mol. The van der Waals surface area contributed by atoms with Gasteiger partial charge in [-0.05, 0) is 55.1 Å². The minimum Gasteiger partial charge on any atom is -0.286 e. The molecular formula is C24H25N. The topological polar surface area (TPSA) is 3.24 Å². The molecule has 1 saturated heterocycles. The molecule has 0 spiro atoms. The lowest BCUT2D eigenvalue weighted by atomic mass is 9.74. The van der Waals surface area contributed by atoms with E-state index in [9.17, 15) is 0 Å². The highest BCUT2D eigenvalue weighted by molar-refractivity contribution is 5.52. The lowest BCUT2D eigenvalue weighted by molar-refractivity contribution is 0.198. The zero-order valence-corrected chi connectivity index (χ0v) is 14.9. The van der Waals surface area contributed by atoms with Crippen molar-refractivity contribution in [2.75, 3.05) is 13.1 Å². The Morgan fingerprint density at radius 3 is 1.64 bits per heavy atom. The van der Waals surface area contributed by atoms with E-state index in [0.717, 1.165) is 13.1 Å². The van der Waals surface area contributed by atoms with Gasteiger partial charge in [-0.2, -0.15) is 0 Å². The Labute approximate surface area is 150 Å². The van der Waals surface area contributed by atoms with E-state index < -0.39 is 0 Å². The fraction of sp³-hybridized carbons (Fsp3) is 0.250. The molecule has 1 nitrogen and oxygen atoms in total. The van der Waals surface area contributed by atoms with Crippen LogP contribution in [0.3, 0.4) is 0 Å². The lowest BCUT2D eigenvalue weighted by Gasteiger charge is -2.44. The van der Waals surface area contributed by atoms with Crippen LogP contribution < -0.4 is 0 Å². The van der Waals surface area contributed by atoms with Crippen LogP contribution in [0, 0.1) is 6.92 Å². The van der Waals surface area contributed by atoms with Crippen LogP contribution in [-0.4, -0.2) is 18.0 Å². The zero-order chi connectivity index (χ0) is 17.1. The summed E-state index contributed by atoms with van der Waals surface area (Å²) < 4.78 is 0. The van der Waals surface area contributed by atoms with Crippen molar-refractivity contribution in [2.45, 2.75) is 25.3 Å². The van der Waals surface area contributed by atoms with E-state index in [1.165, 1.54) is 35.1 Å². The molecule has 1 aliphatic heterocycles. The van der Waals surface area contributed by atoms with Crippen LogP contribution in [0.2, 0.25) is 0 Å². The summed E-state index contributed by atoms with van der Waals surface area (Å²) in [5.41, 5.74) is 5.25. The number of hydrogen-bond acceptors (Lipinski definition) is 1.